The normalized spacial score (nSPS) is 22.7. The lowest BCUT2D eigenvalue weighted by Crippen LogP contribution is -2.38. The van der Waals surface area contributed by atoms with Crippen LogP contribution in [0.4, 0.5) is 5.69 Å². The second-order valence-corrected chi connectivity index (χ2v) is 6.10. The van der Waals surface area contributed by atoms with Crippen molar-refractivity contribution >= 4 is 11.6 Å². The Hall–Kier alpha value is -1.85. The summed E-state index contributed by atoms with van der Waals surface area (Å²) in [7, 11) is 1.63. The lowest BCUT2D eigenvalue weighted by Gasteiger charge is -2.19. The van der Waals surface area contributed by atoms with Crippen molar-refractivity contribution in [1.29, 1.82) is 0 Å². The van der Waals surface area contributed by atoms with Crippen molar-refractivity contribution in [3.8, 4) is 0 Å². The Labute approximate surface area is 124 Å². The van der Waals surface area contributed by atoms with Gasteiger partial charge in [-0.3, -0.25) is 9.59 Å². The van der Waals surface area contributed by atoms with Crippen LogP contribution in [-0.4, -0.2) is 34.8 Å². The SMILES string of the molecule is Cn1ncc(N2CCC(C(=O)NC3CCCC3)C2)cc1=O. The van der Waals surface area contributed by atoms with Crippen LogP contribution in [0.5, 0.6) is 0 Å². The summed E-state index contributed by atoms with van der Waals surface area (Å²) in [6, 6.07) is 1.96. The third-order valence-corrected chi connectivity index (χ3v) is 4.58. The number of nitrogens with one attached hydrogen (secondary N) is 1. The number of carbonyl (C=O) groups is 1. The van der Waals surface area contributed by atoms with Crippen molar-refractivity contribution in [2.75, 3.05) is 18.0 Å². The number of anilines is 1. The molecule has 0 aromatic carbocycles. The number of amides is 1. The van der Waals surface area contributed by atoms with Gasteiger partial charge >= 0.3 is 0 Å². The highest BCUT2D eigenvalue weighted by molar-refractivity contribution is 5.80. The van der Waals surface area contributed by atoms with Gasteiger partial charge in [-0.25, -0.2) is 4.68 Å². The number of rotatable bonds is 3. The molecular formula is C15H22N4O2. The molecule has 0 bridgehead atoms. The van der Waals surface area contributed by atoms with E-state index in [4.69, 9.17) is 0 Å². The Morgan fingerprint density at radius 1 is 1.33 bits per heavy atom. The van der Waals surface area contributed by atoms with Crippen molar-refractivity contribution in [3.63, 3.8) is 0 Å². The van der Waals surface area contributed by atoms with Gasteiger partial charge in [0, 0.05) is 32.2 Å². The highest BCUT2D eigenvalue weighted by Gasteiger charge is 2.30. The first kappa shape index (κ1) is 14.1. The Balaban J connectivity index is 1.60. The zero-order valence-corrected chi connectivity index (χ0v) is 12.4. The molecule has 3 rings (SSSR count). The van der Waals surface area contributed by atoms with E-state index in [2.05, 4.69) is 15.3 Å². The average molecular weight is 290 g/mol. The molecule has 21 heavy (non-hydrogen) atoms. The molecular weight excluding hydrogens is 268 g/mol. The molecule has 1 aromatic heterocycles. The Kier molecular flexibility index (Phi) is 3.94. The molecule has 2 aliphatic rings. The van der Waals surface area contributed by atoms with E-state index in [1.807, 2.05) is 0 Å². The Morgan fingerprint density at radius 3 is 2.81 bits per heavy atom. The van der Waals surface area contributed by atoms with Crippen molar-refractivity contribution in [3.05, 3.63) is 22.6 Å². The van der Waals surface area contributed by atoms with E-state index in [1.165, 1.54) is 17.5 Å². The first-order valence-electron chi connectivity index (χ1n) is 7.72. The van der Waals surface area contributed by atoms with Crippen LogP contribution < -0.4 is 15.8 Å². The molecule has 1 amide bonds. The minimum atomic E-state index is -0.119. The molecule has 0 radical (unpaired) electrons. The summed E-state index contributed by atoms with van der Waals surface area (Å²) in [6.07, 6.45) is 7.20. The summed E-state index contributed by atoms with van der Waals surface area (Å²) in [5, 5.41) is 7.20. The monoisotopic (exact) mass is 290 g/mol. The van der Waals surface area contributed by atoms with Crippen LogP contribution in [0.25, 0.3) is 0 Å². The molecule has 1 saturated carbocycles. The lowest BCUT2D eigenvalue weighted by atomic mass is 10.1. The predicted molar refractivity (Wildman–Crippen MR) is 80.2 cm³/mol. The largest absolute Gasteiger partial charge is 0.369 e. The first-order valence-corrected chi connectivity index (χ1v) is 7.72. The zero-order valence-electron chi connectivity index (χ0n) is 12.4. The Morgan fingerprint density at radius 2 is 2.10 bits per heavy atom. The highest BCUT2D eigenvalue weighted by Crippen LogP contribution is 2.24. The van der Waals surface area contributed by atoms with E-state index < -0.39 is 0 Å². The van der Waals surface area contributed by atoms with Crippen LogP contribution in [0.2, 0.25) is 0 Å². The molecule has 2 fully saturated rings. The minimum Gasteiger partial charge on any atom is -0.369 e. The quantitative estimate of drug-likeness (QED) is 0.888. The van der Waals surface area contributed by atoms with Gasteiger partial charge in [-0.15, -0.1) is 0 Å². The molecule has 114 valence electrons. The Bertz CT molecular complexity index is 577. The molecule has 1 saturated heterocycles. The van der Waals surface area contributed by atoms with Crippen molar-refractivity contribution in [2.24, 2.45) is 13.0 Å². The van der Waals surface area contributed by atoms with E-state index in [9.17, 15) is 9.59 Å². The van der Waals surface area contributed by atoms with Gasteiger partial charge in [0.1, 0.15) is 0 Å². The van der Waals surface area contributed by atoms with Gasteiger partial charge in [0.15, 0.2) is 0 Å². The van der Waals surface area contributed by atoms with Gasteiger partial charge in [-0.05, 0) is 19.3 Å². The maximum atomic E-state index is 12.3. The van der Waals surface area contributed by atoms with E-state index >= 15 is 0 Å². The molecule has 1 unspecified atom stereocenters. The summed E-state index contributed by atoms with van der Waals surface area (Å²) >= 11 is 0. The number of hydrogen-bond donors (Lipinski definition) is 1. The van der Waals surface area contributed by atoms with Crippen LogP contribution in [0, 0.1) is 5.92 Å². The maximum Gasteiger partial charge on any atom is 0.268 e. The molecule has 6 heteroatoms. The topological polar surface area (TPSA) is 67.2 Å². The minimum absolute atomic E-state index is 0.0228. The predicted octanol–water partition coefficient (Wildman–Crippen LogP) is 0.665. The standard InChI is InChI=1S/C15H22N4O2/c1-18-14(20)8-13(9-16-18)19-7-6-11(10-19)15(21)17-12-4-2-3-5-12/h8-9,11-12H,2-7,10H2,1H3,(H,17,21). The van der Waals surface area contributed by atoms with Crippen molar-refractivity contribution in [2.45, 2.75) is 38.1 Å². The van der Waals surface area contributed by atoms with Gasteiger partial charge in [0.25, 0.3) is 5.56 Å². The smallest absolute Gasteiger partial charge is 0.268 e. The van der Waals surface area contributed by atoms with E-state index in [0.717, 1.165) is 31.5 Å². The van der Waals surface area contributed by atoms with E-state index in [0.29, 0.717) is 12.6 Å². The van der Waals surface area contributed by atoms with Crippen molar-refractivity contribution < 1.29 is 4.79 Å². The summed E-state index contributed by atoms with van der Waals surface area (Å²) < 4.78 is 1.31. The third-order valence-electron chi connectivity index (χ3n) is 4.58. The molecule has 1 aliphatic heterocycles. The molecule has 6 nitrogen and oxygen atoms in total. The van der Waals surface area contributed by atoms with E-state index in [-0.39, 0.29) is 17.4 Å². The van der Waals surface area contributed by atoms with Crippen LogP contribution in [0.15, 0.2) is 17.1 Å². The fourth-order valence-corrected chi connectivity index (χ4v) is 3.23. The lowest BCUT2D eigenvalue weighted by molar-refractivity contribution is -0.125. The number of carbonyl (C=O) groups excluding carboxylic acids is 1. The average Bonchev–Trinajstić information content (AvgIpc) is 3.12. The second-order valence-electron chi connectivity index (χ2n) is 6.10. The summed E-state index contributed by atoms with van der Waals surface area (Å²) in [5.41, 5.74) is 0.695. The maximum absolute atomic E-state index is 12.3. The van der Waals surface area contributed by atoms with Gasteiger partial charge in [0.05, 0.1) is 17.8 Å². The van der Waals surface area contributed by atoms with Crippen molar-refractivity contribution in [1.82, 2.24) is 15.1 Å². The van der Waals surface area contributed by atoms with Crippen LogP contribution in [-0.2, 0) is 11.8 Å². The molecule has 0 spiro atoms. The molecule has 2 heterocycles. The molecule has 1 N–H and O–H groups in total. The fourth-order valence-electron chi connectivity index (χ4n) is 3.23. The number of nitrogens with zero attached hydrogens (tertiary/aromatic N) is 3. The first-order chi connectivity index (χ1) is 10.1. The molecule has 1 aliphatic carbocycles. The summed E-state index contributed by atoms with van der Waals surface area (Å²) in [5.74, 6) is 0.191. The van der Waals surface area contributed by atoms with Gasteiger partial charge < -0.3 is 10.2 Å². The highest BCUT2D eigenvalue weighted by atomic mass is 16.2. The molecule has 1 atom stereocenters. The third kappa shape index (κ3) is 3.09. The number of aryl methyl sites for hydroxylation is 1. The van der Waals surface area contributed by atoms with Gasteiger partial charge in [-0.2, -0.15) is 5.10 Å². The van der Waals surface area contributed by atoms with E-state index in [1.54, 1.807) is 19.3 Å². The summed E-state index contributed by atoms with van der Waals surface area (Å²) in [4.78, 5) is 26.0. The fraction of sp³-hybridized carbons (Fsp3) is 0.667. The van der Waals surface area contributed by atoms with Gasteiger partial charge in [-0.1, -0.05) is 12.8 Å². The molecule has 1 aromatic rings. The summed E-state index contributed by atoms with van der Waals surface area (Å²) in [6.45, 7) is 1.48. The zero-order chi connectivity index (χ0) is 14.8. The second kappa shape index (κ2) is 5.87. The number of hydrogen-bond acceptors (Lipinski definition) is 4. The van der Waals surface area contributed by atoms with Crippen LogP contribution in [0.1, 0.15) is 32.1 Å². The van der Waals surface area contributed by atoms with Crippen LogP contribution in [0.3, 0.4) is 0 Å². The van der Waals surface area contributed by atoms with Gasteiger partial charge in [0.2, 0.25) is 5.91 Å². The van der Waals surface area contributed by atoms with Crippen LogP contribution >= 0.6 is 0 Å². The number of aromatic nitrogens is 2.